The first-order chi connectivity index (χ1) is 11.2. The Morgan fingerprint density at radius 1 is 1.13 bits per heavy atom. The topological polar surface area (TPSA) is 37.3 Å². The molecule has 23 heavy (non-hydrogen) atoms. The summed E-state index contributed by atoms with van der Waals surface area (Å²) >= 11 is 0. The van der Waals surface area contributed by atoms with E-state index in [0.717, 1.165) is 30.4 Å². The third-order valence-corrected chi connectivity index (χ3v) is 5.53. The predicted molar refractivity (Wildman–Crippen MR) is 93.0 cm³/mol. The van der Waals surface area contributed by atoms with E-state index in [1.807, 2.05) is 19.1 Å². The van der Waals surface area contributed by atoms with Crippen LogP contribution in [0.1, 0.15) is 38.2 Å². The first-order valence-corrected chi connectivity index (χ1v) is 8.61. The average molecular weight is 306 g/mol. The molecule has 0 spiro atoms. The summed E-state index contributed by atoms with van der Waals surface area (Å²) in [6, 6.07) is 14.8. The van der Waals surface area contributed by atoms with E-state index in [4.69, 9.17) is 0 Å². The summed E-state index contributed by atoms with van der Waals surface area (Å²) in [7, 11) is 0. The first kappa shape index (κ1) is 14.6. The van der Waals surface area contributed by atoms with Crippen molar-refractivity contribution in [1.29, 1.82) is 0 Å². The second kappa shape index (κ2) is 5.61. The summed E-state index contributed by atoms with van der Waals surface area (Å²) in [6.45, 7) is 1.92. The lowest BCUT2D eigenvalue weighted by Gasteiger charge is -2.26. The molecule has 1 saturated carbocycles. The van der Waals surface area contributed by atoms with Crippen LogP contribution in [-0.4, -0.2) is 17.0 Å². The van der Waals surface area contributed by atoms with Crippen molar-refractivity contribution in [2.45, 2.75) is 38.7 Å². The molecule has 2 bridgehead atoms. The van der Waals surface area contributed by atoms with Crippen LogP contribution in [-0.2, 0) is 4.79 Å². The van der Waals surface area contributed by atoms with E-state index in [1.165, 1.54) is 16.3 Å². The van der Waals surface area contributed by atoms with Crippen LogP contribution in [0.25, 0.3) is 16.3 Å². The van der Waals surface area contributed by atoms with E-state index >= 15 is 0 Å². The maximum absolute atomic E-state index is 12.6. The van der Waals surface area contributed by atoms with Crippen molar-refractivity contribution < 1.29 is 9.90 Å². The zero-order valence-corrected chi connectivity index (χ0v) is 13.5. The largest absolute Gasteiger partial charge is 0.392 e. The van der Waals surface area contributed by atoms with Gasteiger partial charge in [0.25, 0.3) is 0 Å². The van der Waals surface area contributed by atoms with Crippen LogP contribution < -0.4 is 0 Å². The highest BCUT2D eigenvalue weighted by molar-refractivity contribution is 6.04. The number of hydrogen-bond acceptors (Lipinski definition) is 2. The zero-order chi connectivity index (χ0) is 16.0. The van der Waals surface area contributed by atoms with Crippen molar-refractivity contribution in [2.24, 2.45) is 11.8 Å². The zero-order valence-electron chi connectivity index (χ0n) is 13.5. The monoisotopic (exact) mass is 306 g/mol. The minimum atomic E-state index is -0.344. The van der Waals surface area contributed by atoms with Gasteiger partial charge in [0.15, 0.2) is 5.78 Å². The molecular formula is C21H22O2. The van der Waals surface area contributed by atoms with Gasteiger partial charge >= 0.3 is 0 Å². The number of allylic oxidation sites excluding steroid dienone is 1. The summed E-state index contributed by atoms with van der Waals surface area (Å²) in [5.41, 5.74) is 3.24. The highest BCUT2D eigenvalue weighted by Gasteiger charge is 2.42. The van der Waals surface area contributed by atoms with Gasteiger partial charge in [0.05, 0.1) is 6.10 Å². The standard InChI is InChI=1S/C21H22O2/c1-2-19(22)21-17(9-13-10-18(21)20(23)11-13)16-8-7-14-5-3-4-6-15(14)12-16/h3-8,12-13,18,20,23H,2,9-11H2,1H3/t13?,18-,20?/m1/s1. The highest BCUT2D eigenvalue weighted by atomic mass is 16.3. The molecule has 118 valence electrons. The normalized spacial score (nSPS) is 26.8. The number of rotatable bonds is 3. The Labute approximate surface area is 136 Å². The predicted octanol–water partition coefficient (Wildman–Crippen LogP) is 4.36. The first-order valence-electron chi connectivity index (χ1n) is 8.61. The Morgan fingerprint density at radius 3 is 2.70 bits per heavy atom. The third kappa shape index (κ3) is 2.42. The van der Waals surface area contributed by atoms with Crippen LogP contribution in [0.3, 0.4) is 0 Å². The van der Waals surface area contributed by atoms with Gasteiger partial charge in [-0.05, 0) is 53.2 Å². The van der Waals surface area contributed by atoms with Crippen molar-refractivity contribution >= 4 is 22.1 Å². The maximum Gasteiger partial charge on any atom is 0.159 e. The summed E-state index contributed by atoms with van der Waals surface area (Å²) < 4.78 is 0. The maximum atomic E-state index is 12.6. The minimum Gasteiger partial charge on any atom is -0.392 e. The fourth-order valence-electron chi connectivity index (χ4n) is 4.43. The molecule has 2 aliphatic carbocycles. The summed E-state index contributed by atoms with van der Waals surface area (Å²) in [6.07, 6.45) is 2.90. The highest BCUT2D eigenvalue weighted by Crippen LogP contribution is 2.49. The third-order valence-electron chi connectivity index (χ3n) is 5.53. The lowest BCUT2D eigenvalue weighted by Crippen LogP contribution is -2.23. The summed E-state index contributed by atoms with van der Waals surface area (Å²) in [4.78, 5) is 12.6. The van der Waals surface area contributed by atoms with E-state index in [0.29, 0.717) is 12.3 Å². The van der Waals surface area contributed by atoms with Crippen LogP contribution in [0.2, 0.25) is 0 Å². The molecule has 2 aromatic rings. The molecule has 1 fully saturated rings. The molecule has 2 aromatic carbocycles. The molecule has 0 radical (unpaired) electrons. The van der Waals surface area contributed by atoms with Gasteiger partial charge in [-0.1, -0.05) is 43.3 Å². The Balaban J connectivity index is 1.88. The van der Waals surface area contributed by atoms with Gasteiger partial charge in [-0.3, -0.25) is 4.79 Å². The van der Waals surface area contributed by atoms with Crippen LogP contribution in [0.5, 0.6) is 0 Å². The van der Waals surface area contributed by atoms with Crippen molar-refractivity contribution in [3.63, 3.8) is 0 Å². The van der Waals surface area contributed by atoms with E-state index in [9.17, 15) is 9.90 Å². The molecule has 0 heterocycles. The number of aliphatic hydroxyl groups excluding tert-OH is 1. The number of benzene rings is 2. The Bertz CT molecular complexity index is 802. The Kier molecular flexibility index (Phi) is 3.57. The molecule has 4 rings (SSSR count). The summed E-state index contributed by atoms with van der Waals surface area (Å²) in [5, 5.41) is 12.8. The van der Waals surface area contributed by atoms with Gasteiger partial charge in [-0.25, -0.2) is 0 Å². The number of ketones is 1. The molecule has 0 aromatic heterocycles. The van der Waals surface area contributed by atoms with E-state index in [1.54, 1.807) is 0 Å². The SMILES string of the molecule is CCC(=O)C1=C(c2ccc3ccccc3c2)CC2CC(O)[C@H]1C2. The van der Waals surface area contributed by atoms with Crippen LogP contribution in [0.15, 0.2) is 48.0 Å². The number of fused-ring (bicyclic) bond motifs is 3. The van der Waals surface area contributed by atoms with Crippen molar-refractivity contribution in [2.75, 3.05) is 0 Å². The Hall–Kier alpha value is -1.93. The van der Waals surface area contributed by atoms with Gasteiger partial charge in [-0.15, -0.1) is 0 Å². The number of aliphatic hydroxyl groups is 1. The van der Waals surface area contributed by atoms with Crippen molar-refractivity contribution in [3.05, 3.63) is 53.6 Å². The average Bonchev–Trinajstić information content (AvgIpc) is 2.88. The molecule has 1 N–H and O–H groups in total. The fraction of sp³-hybridized carbons (Fsp3) is 0.381. The van der Waals surface area contributed by atoms with Gasteiger partial charge in [0.2, 0.25) is 0 Å². The molecule has 2 unspecified atom stereocenters. The fourth-order valence-corrected chi connectivity index (χ4v) is 4.43. The van der Waals surface area contributed by atoms with Crippen molar-refractivity contribution in [3.8, 4) is 0 Å². The van der Waals surface area contributed by atoms with E-state index < -0.39 is 0 Å². The molecule has 0 saturated heterocycles. The number of Topliss-reactive ketones (excluding diaryl/α,β-unsaturated/α-hetero) is 1. The van der Waals surface area contributed by atoms with Crippen LogP contribution in [0.4, 0.5) is 0 Å². The molecule has 0 aliphatic heterocycles. The second-order valence-electron chi connectivity index (χ2n) is 6.95. The molecule has 2 heteroatoms. The molecule has 3 atom stereocenters. The molecule has 2 aliphatic rings. The van der Waals surface area contributed by atoms with Gasteiger partial charge in [0, 0.05) is 17.9 Å². The van der Waals surface area contributed by atoms with Gasteiger partial charge in [-0.2, -0.15) is 0 Å². The van der Waals surface area contributed by atoms with Crippen molar-refractivity contribution in [1.82, 2.24) is 0 Å². The Morgan fingerprint density at radius 2 is 1.91 bits per heavy atom. The van der Waals surface area contributed by atoms with Gasteiger partial charge < -0.3 is 5.11 Å². The molecule has 0 amide bonds. The quantitative estimate of drug-likeness (QED) is 0.914. The van der Waals surface area contributed by atoms with E-state index in [-0.39, 0.29) is 17.8 Å². The van der Waals surface area contributed by atoms with Crippen LogP contribution in [0, 0.1) is 11.8 Å². The number of hydrogen-bond donors (Lipinski definition) is 1. The smallest absolute Gasteiger partial charge is 0.159 e. The lowest BCUT2D eigenvalue weighted by molar-refractivity contribution is -0.116. The number of carbonyl (C=O) groups is 1. The molecule has 2 nitrogen and oxygen atoms in total. The minimum absolute atomic E-state index is 0.0441. The van der Waals surface area contributed by atoms with Crippen LogP contribution >= 0.6 is 0 Å². The molecular weight excluding hydrogens is 284 g/mol. The van der Waals surface area contributed by atoms with Gasteiger partial charge in [0.1, 0.15) is 0 Å². The summed E-state index contributed by atoms with van der Waals surface area (Å²) in [5.74, 6) is 0.769. The number of carbonyl (C=O) groups excluding carboxylic acids is 1. The second-order valence-corrected chi connectivity index (χ2v) is 6.95. The lowest BCUT2D eigenvalue weighted by atomic mass is 9.77. The van der Waals surface area contributed by atoms with E-state index in [2.05, 4.69) is 30.3 Å².